The van der Waals surface area contributed by atoms with Gasteiger partial charge in [-0.2, -0.15) is 0 Å². The Bertz CT molecular complexity index is 323. The van der Waals surface area contributed by atoms with E-state index in [-0.39, 0.29) is 5.54 Å². The van der Waals surface area contributed by atoms with Crippen LogP contribution in [0.1, 0.15) is 65.4 Å². The molecule has 0 heterocycles. The number of unbranched alkanes of at least 4 members (excludes halogenated alkanes) is 4. The molecule has 1 aromatic rings. The first kappa shape index (κ1) is 16.2. The van der Waals surface area contributed by atoms with Crippen molar-refractivity contribution in [2.45, 2.75) is 71.9 Å². The van der Waals surface area contributed by atoms with Crippen LogP contribution in [0.4, 0.5) is 0 Å². The Kier molecular flexibility index (Phi) is 7.15. The highest BCUT2D eigenvalue weighted by Crippen LogP contribution is 2.18. The van der Waals surface area contributed by atoms with Gasteiger partial charge in [0.2, 0.25) is 0 Å². The van der Waals surface area contributed by atoms with E-state index in [1.54, 1.807) is 0 Å². The molecule has 0 unspecified atom stereocenters. The van der Waals surface area contributed by atoms with E-state index in [4.69, 9.17) is 0 Å². The van der Waals surface area contributed by atoms with Gasteiger partial charge in [0.1, 0.15) is 0 Å². The van der Waals surface area contributed by atoms with Crippen molar-refractivity contribution in [2.75, 3.05) is 6.54 Å². The summed E-state index contributed by atoms with van der Waals surface area (Å²) in [4.78, 5) is 2.61. The summed E-state index contributed by atoms with van der Waals surface area (Å²) < 4.78 is 0. The molecule has 0 atom stereocenters. The summed E-state index contributed by atoms with van der Waals surface area (Å²) in [6.45, 7) is 11.5. The first-order chi connectivity index (χ1) is 9.04. The number of benzene rings is 1. The first-order valence-corrected chi connectivity index (χ1v) is 7.83. The van der Waals surface area contributed by atoms with Crippen LogP contribution in [0.2, 0.25) is 0 Å². The van der Waals surface area contributed by atoms with Crippen molar-refractivity contribution in [2.24, 2.45) is 0 Å². The van der Waals surface area contributed by atoms with Gasteiger partial charge in [-0.1, -0.05) is 62.9 Å². The van der Waals surface area contributed by atoms with Crippen LogP contribution >= 0.6 is 0 Å². The number of hydrogen-bond acceptors (Lipinski definition) is 1. The quantitative estimate of drug-likeness (QED) is 0.577. The summed E-state index contributed by atoms with van der Waals surface area (Å²) in [5.41, 5.74) is 1.67. The van der Waals surface area contributed by atoms with E-state index in [0.717, 1.165) is 6.54 Å². The van der Waals surface area contributed by atoms with E-state index in [2.05, 4.69) is 62.9 Å². The molecule has 0 N–H and O–H groups in total. The van der Waals surface area contributed by atoms with Gasteiger partial charge in [0.05, 0.1) is 0 Å². The smallest absolute Gasteiger partial charge is 0.0238 e. The molecule has 0 aromatic heterocycles. The molecule has 108 valence electrons. The van der Waals surface area contributed by atoms with Gasteiger partial charge in [-0.25, -0.2) is 0 Å². The summed E-state index contributed by atoms with van der Waals surface area (Å²) in [5.74, 6) is 0. The van der Waals surface area contributed by atoms with Gasteiger partial charge in [-0.05, 0) is 39.3 Å². The van der Waals surface area contributed by atoms with Gasteiger partial charge in [-0.15, -0.1) is 0 Å². The van der Waals surface area contributed by atoms with Gasteiger partial charge in [0, 0.05) is 12.1 Å². The highest BCUT2D eigenvalue weighted by molar-refractivity contribution is 5.14. The molecule has 1 rings (SSSR count). The molecule has 0 amide bonds. The molecule has 0 aliphatic heterocycles. The Morgan fingerprint density at radius 3 is 2.11 bits per heavy atom. The van der Waals surface area contributed by atoms with E-state index in [0.29, 0.717) is 0 Å². The molecule has 1 heteroatoms. The van der Waals surface area contributed by atoms with Crippen LogP contribution in [0.5, 0.6) is 0 Å². The van der Waals surface area contributed by atoms with Crippen LogP contribution in [0.15, 0.2) is 30.3 Å². The van der Waals surface area contributed by atoms with E-state index >= 15 is 0 Å². The van der Waals surface area contributed by atoms with E-state index in [1.807, 2.05) is 0 Å². The van der Waals surface area contributed by atoms with Crippen LogP contribution in [-0.2, 0) is 6.54 Å². The van der Waals surface area contributed by atoms with Gasteiger partial charge < -0.3 is 0 Å². The predicted octanol–water partition coefficient (Wildman–Crippen LogP) is 5.26. The minimum atomic E-state index is 0.251. The molecule has 0 spiro atoms. The average Bonchev–Trinajstić information content (AvgIpc) is 2.37. The number of nitrogens with zero attached hydrogens (tertiary/aromatic N) is 1. The Labute approximate surface area is 120 Å². The maximum Gasteiger partial charge on any atom is 0.0238 e. The minimum absolute atomic E-state index is 0.251. The topological polar surface area (TPSA) is 3.24 Å². The Balaban J connectivity index is 2.44. The van der Waals surface area contributed by atoms with Crippen LogP contribution < -0.4 is 0 Å². The zero-order chi connectivity index (χ0) is 14.1. The maximum absolute atomic E-state index is 2.61. The molecule has 0 saturated carbocycles. The molecule has 1 nitrogen and oxygen atoms in total. The molecule has 0 aliphatic carbocycles. The monoisotopic (exact) mass is 261 g/mol. The van der Waals surface area contributed by atoms with Crippen molar-refractivity contribution >= 4 is 0 Å². The first-order valence-electron chi connectivity index (χ1n) is 7.83. The molecular formula is C18H31N. The van der Waals surface area contributed by atoms with Crippen molar-refractivity contribution in [3.63, 3.8) is 0 Å². The summed E-state index contributed by atoms with van der Waals surface area (Å²) >= 11 is 0. The normalized spacial score (nSPS) is 12.1. The fraction of sp³-hybridized carbons (Fsp3) is 0.667. The Hall–Kier alpha value is -0.820. The molecule has 1 aromatic carbocycles. The molecule has 19 heavy (non-hydrogen) atoms. The van der Waals surface area contributed by atoms with Gasteiger partial charge in [0.25, 0.3) is 0 Å². The van der Waals surface area contributed by atoms with Crippen LogP contribution in [0, 0.1) is 0 Å². The second-order valence-corrected chi connectivity index (χ2v) is 6.49. The van der Waals surface area contributed by atoms with Crippen LogP contribution in [-0.4, -0.2) is 17.0 Å². The lowest BCUT2D eigenvalue weighted by molar-refractivity contribution is 0.124. The third kappa shape index (κ3) is 6.77. The molecule has 0 fully saturated rings. The van der Waals surface area contributed by atoms with Gasteiger partial charge in [-0.3, -0.25) is 4.90 Å². The fourth-order valence-electron chi connectivity index (χ4n) is 2.36. The summed E-state index contributed by atoms with van der Waals surface area (Å²) in [6.07, 6.45) is 6.79. The zero-order valence-corrected chi connectivity index (χ0v) is 13.3. The van der Waals surface area contributed by atoms with Gasteiger partial charge in [0.15, 0.2) is 0 Å². The third-order valence-corrected chi connectivity index (χ3v) is 3.70. The second kappa shape index (κ2) is 8.37. The summed E-state index contributed by atoms with van der Waals surface area (Å²) in [7, 11) is 0. The molecule has 0 radical (unpaired) electrons. The Morgan fingerprint density at radius 2 is 1.53 bits per heavy atom. The van der Waals surface area contributed by atoms with Crippen molar-refractivity contribution in [3.05, 3.63) is 35.9 Å². The van der Waals surface area contributed by atoms with Crippen molar-refractivity contribution in [1.82, 2.24) is 4.90 Å². The number of rotatable bonds is 8. The molecule has 0 aliphatic rings. The van der Waals surface area contributed by atoms with Crippen LogP contribution in [0.3, 0.4) is 0 Å². The van der Waals surface area contributed by atoms with Crippen molar-refractivity contribution in [1.29, 1.82) is 0 Å². The molecule has 0 bridgehead atoms. The van der Waals surface area contributed by atoms with E-state index < -0.39 is 0 Å². The SMILES string of the molecule is CCCCCCCN(Cc1ccccc1)C(C)(C)C. The summed E-state index contributed by atoms with van der Waals surface area (Å²) in [5, 5.41) is 0. The van der Waals surface area contributed by atoms with Crippen molar-refractivity contribution in [3.8, 4) is 0 Å². The van der Waals surface area contributed by atoms with E-state index in [9.17, 15) is 0 Å². The molecular weight excluding hydrogens is 230 g/mol. The highest BCUT2D eigenvalue weighted by Gasteiger charge is 2.20. The lowest BCUT2D eigenvalue weighted by Gasteiger charge is -2.36. The van der Waals surface area contributed by atoms with Crippen molar-refractivity contribution < 1.29 is 0 Å². The lowest BCUT2D eigenvalue weighted by atomic mass is 10.0. The predicted molar refractivity (Wildman–Crippen MR) is 85.4 cm³/mol. The Morgan fingerprint density at radius 1 is 0.895 bits per heavy atom. The third-order valence-electron chi connectivity index (χ3n) is 3.70. The minimum Gasteiger partial charge on any atom is -0.294 e. The largest absolute Gasteiger partial charge is 0.294 e. The number of hydrogen-bond donors (Lipinski definition) is 0. The fourth-order valence-corrected chi connectivity index (χ4v) is 2.36. The molecule has 0 saturated heterocycles. The standard InChI is InChI=1S/C18H31N/c1-5-6-7-8-12-15-19(18(2,3)4)16-17-13-10-9-11-14-17/h9-11,13-14H,5-8,12,15-16H2,1-4H3. The average molecular weight is 261 g/mol. The maximum atomic E-state index is 2.61. The van der Waals surface area contributed by atoms with Gasteiger partial charge >= 0.3 is 0 Å². The zero-order valence-electron chi connectivity index (χ0n) is 13.3. The van der Waals surface area contributed by atoms with E-state index in [1.165, 1.54) is 44.2 Å². The highest BCUT2D eigenvalue weighted by atomic mass is 15.2. The van der Waals surface area contributed by atoms with Crippen LogP contribution in [0.25, 0.3) is 0 Å². The lowest BCUT2D eigenvalue weighted by Crippen LogP contribution is -2.41. The summed E-state index contributed by atoms with van der Waals surface area (Å²) in [6, 6.07) is 10.8. The second-order valence-electron chi connectivity index (χ2n) is 6.49.